The van der Waals surface area contributed by atoms with Crippen molar-refractivity contribution >= 4 is 17.1 Å². The Bertz CT molecular complexity index is 1870. The van der Waals surface area contributed by atoms with Gasteiger partial charge in [0.05, 0.1) is 11.9 Å². The number of hydrogen-bond acceptors (Lipinski definition) is 6. The Morgan fingerprint density at radius 2 is 2.02 bits per heavy atom. The quantitative estimate of drug-likeness (QED) is 0.0990. The van der Waals surface area contributed by atoms with Crippen molar-refractivity contribution in [3.8, 4) is 22.8 Å². The highest BCUT2D eigenvalue weighted by Gasteiger charge is 2.32. The molecule has 1 saturated carbocycles. The van der Waals surface area contributed by atoms with E-state index in [1.807, 2.05) is 36.0 Å². The lowest BCUT2D eigenvalue weighted by Gasteiger charge is -2.32. The third-order valence-corrected chi connectivity index (χ3v) is 10.3. The largest absolute Gasteiger partial charge is 0.507 e. The van der Waals surface area contributed by atoms with Crippen LogP contribution in [0.25, 0.3) is 27.1 Å². The summed E-state index contributed by atoms with van der Waals surface area (Å²) in [5.41, 5.74) is 5.72. The van der Waals surface area contributed by atoms with Gasteiger partial charge >= 0.3 is 6.09 Å². The number of unbranched alkanes of at least 4 members (excludes halogenated alkanes) is 2. The van der Waals surface area contributed by atoms with Gasteiger partial charge in [0.25, 0.3) is 0 Å². The van der Waals surface area contributed by atoms with Gasteiger partial charge in [-0.25, -0.2) is 25.9 Å². The zero-order chi connectivity index (χ0) is 33.8. The van der Waals surface area contributed by atoms with Crippen molar-refractivity contribution in [2.75, 3.05) is 6.54 Å². The van der Waals surface area contributed by atoms with Gasteiger partial charge in [0.1, 0.15) is 23.9 Å². The Hall–Kier alpha value is -4.71. The maximum Gasteiger partial charge on any atom is 0.425 e. The molecule has 3 heterocycles. The first-order valence-electron chi connectivity index (χ1n) is 17.4. The standard InChI is InChI=1S/C39H46N6O3/c1-6-7-8-11-27-19-34(46)36(32-18-26(4)14-15-30(32)25(2)3)35(20-27)48-39(47)44-17-16-31-37(41-24-42-38(31)44)29-21-43-45(23-29)33(22-40-5)28-12-9-10-13-28/h16-21,23-24,28,30,32-33,46H,2,6-15,22H2,1,3-4H3/t30?,32?,33-/m1/s1. The van der Waals surface area contributed by atoms with Gasteiger partial charge in [-0.1, -0.05) is 56.4 Å². The fraction of sp³-hybridized carbons (Fsp3) is 0.462. The lowest BCUT2D eigenvalue weighted by atomic mass is 9.73. The summed E-state index contributed by atoms with van der Waals surface area (Å²) in [6.45, 7) is 18.5. The highest BCUT2D eigenvalue weighted by atomic mass is 16.6. The van der Waals surface area contributed by atoms with Crippen molar-refractivity contribution in [3.05, 3.63) is 89.5 Å². The van der Waals surface area contributed by atoms with Crippen molar-refractivity contribution in [2.45, 2.75) is 96.9 Å². The van der Waals surface area contributed by atoms with Crippen molar-refractivity contribution in [1.29, 1.82) is 0 Å². The van der Waals surface area contributed by atoms with Crippen LogP contribution in [0.2, 0.25) is 0 Å². The first kappa shape index (κ1) is 33.2. The minimum absolute atomic E-state index is 0.0336. The van der Waals surface area contributed by atoms with E-state index in [2.05, 4.69) is 46.4 Å². The van der Waals surface area contributed by atoms with Crippen molar-refractivity contribution in [2.24, 2.45) is 11.8 Å². The molecule has 1 aromatic carbocycles. The molecule has 250 valence electrons. The molecule has 1 fully saturated rings. The summed E-state index contributed by atoms with van der Waals surface area (Å²) in [5, 5.41) is 16.8. The number of carbonyl (C=O) groups excluding carboxylic acids is 1. The molecule has 4 aromatic rings. The van der Waals surface area contributed by atoms with E-state index in [9.17, 15) is 9.90 Å². The van der Waals surface area contributed by atoms with E-state index in [-0.39, 0.29) is 23.6 Å². The second kappa shape index (κ2) is 14.6. The Labute approximate surface area is 283 Å². The summed E-state index contributed by atoms with van der Waals surface area (Å²) in [7, 11) is 0. The van der Waals surface area contributed by atoms with Crippen LogP contribution in [0, 0.1) is 18.4 Å². The van der Waals surface area contributed by atoms with Crippen LogP contribution in [0.15, 0.2) is 66.9 Å². The Morgan fingerprint density at radius 3 is 2.77 bits per heavy atom. The SMILES string of the molecule is [C-]#[N+]C[C@H](C1CCCC1)n1cc(-c2ncnc3c2ccn3C(=O)Oc2cc(CCCCC)cc(O)c2C2C=C(C)CCC2C(=C)C)cn1. The van der Waals surface area contributed by atoms with Gasteiger partial charge in [-0.05, 0) is 88.0 Å². The van der Waals surface area contributed by atoms with Gasteiger partial charge in [-0.15, -0.1) is 0 Å². The molecule has 3 aromatic heterocycles. The molecule has 0 spiro atoms. The molecule has 2 aliphatic rings. The maximum absolute atomic E-state index is 14.0. The number of hydrogen-bond donors (Lipinski definition) is 1. The van der Waals surface area contributed by atoms with Crippen LogP contribution < -0.4 is 4.74 Å². The molecule has 0 amide bonds. The van der Waals surface area contributed by atoms with E-state index in [4.69, 9.17) is 11.3 Å². The van der Waals surface area contributed by atoms with Gasteiger partial charge in [0.2, 0.25) is 6.54 Å². The van der Waals surface area contributed by atoms with Crippen LogP contribution in [0.5, 0.6) is 11.5 Å². The molecule has 0 radical (unpaired) electrons. The molecule has 0 bridgehead atoms. The van der Waals surface area contributed by atoms with Crippen LogP contribution >= 0.6 is 0 Å². The monoisotopic (exact) mass is 646 g/mol. The van der Waals surface area contributed by atoms with Crippen LogP contribution in [-0.2, 0) is 6.42 Å². The molecule has 0 saturated heterocycles. The maximum atomic E-state index is 14.0. The van der Waals surface area contributed by atoms with Crippen LogP contribution in [0.3, 0.4) is 0 Å². The van der Waals surface area contributed by atoms with Gasteiger partial charge in [0.15, 0.2) is 5.65 Å². The summed E-state index contributed by atoms with van der Waals surface area (Å²) in [6, 6.07) is 5.60. The van der Waals surface area contributed by atoms with Crippen molar-refractivity contribution in [1.82, 2.24) is 24.3 Å². The minimum Gasteiger partial charge on any atom is -0.507 e. The number of benzene rings is 1. The second-order valence-electron chi connectivity index (χ2n) is 13.7. The van der Waals surface area contributed by atoms with Crippen LogP contribution in [0.1, 0.15) is 102 Å². The number of nitrogens with zero attached hydrogens (tertiary/aromatic N) is 6. The molecule has 6 rings (SSSR count). The Balaban J connectivity index is 1.34. The van der Waals surface area contributed by atoms with Crippen molar-refractivity contribution < 1.29 is 14.6 Å². The number of fused-ring (bicyclic) bond motifs is 1. The first-order valence-corrected chi connectivity index (χ1v) is 17.4. The number of aromatic hydroxyl groups is 1. The number of aryl methyl sites for hydroxylation is 1. The predicted molar refractivity (Wildman–Crippen MR) is 188 cm³/mol. The molecule has 0 aliphatic heterocycles. The van der Waals surface area contributed by atoms with Crippen molar-refractivity contribution in [3.63, 3.8) is 0 Å². The molecule has 1 N–H and O–H groups in total. The third kappa shape index (κ3) is 6.80. The average Bonchev–Trinajstić information content (AvgIpc) is 3.85. The zero-order valence-electron chi connectivity index (χ0n) is 28.4. The lowest BCUT2D eigenvalue weighted by Crippen LogP contribution is -2.21. The highest BCUT2D eigenvalue weighted by molar-refractivity contribution is 5.95. The minimum atomic E-state index is -0.613. The number of carbonyl (C=O) groups is 1. The predicted octanol–water partition coefficient (Wildman–Crippen LogP) is 9.45. The average molecular weight is 647 g/mol. The molecular formula is C39H46N6O3. The molecule has 2 aliphatic carbocycles. The molecule has 48 heavy (non-hydrogen) atoms. The van der Waals surface area contributed by atoms with Gasteiger partial charge in [-0.3, -0.25) is 4.68 Å². The normalized spacial score (nSPS) is 18.8. The number of allylic oxidation sites excluding steroid dienone is 3. The van der Waals surface area contributed by atoms with Crippen LogP contribution in [-0.4, -0.2) is 42.1 Å². The van der Waals surface area contributed by atoms with Gasteiger partial charge in [-0.2, -0.15) is 5.10 Å². The van der Waals surface area contributed by atoms with E-state index >= 15 is 0 Å². The second-order valence-corrected chi connectivity index (χ2v) is 13.7. The molecule has 9 heteroatoms. The van der Waals surface area contributed by atoms with E-state index in [1.54, 1.807) is 12.4 Å². The molecule has 3 atom stereocenters. The highest BCUT2D eigenvalue weighted by Crippen LogP contribution is 2.47. The number of phenolic OH excluding ortho intramolecular Hbond substituents is 1. The molecule has 2 unspecified atom stereocenters. The summed E-state index contributed by atoms with van der Waals surface area (Å²) in [6.07, 6.45) is 18.9. The number of phenols is 1. The number of aromatic nitrogens is 5. The first-order chi connectivity index (χ1) is 23.3. The summed E-state index contributed by atoms with van der Waals surface area (Å²) in [4.78, 5) is 26.7. The van der Waals surface area contributed by atoms with E-state index in [1.165, 1.54) is 29.3 Å². The van der Waals surface area contributed by atoms with E-state index < -0.39 is 6.09 Å². The summed E-state index contributed by atoms with van der Waals surface area (Å²) < 4.78 is 9.52. The third-order valence-electron chi connectivity index (χ3n) is 10.3. The van der Waals surface area contributed by atoms with E-state index in [0.29, 0.717) is 40.5 Å². The number of rotatable bonds is 11. The lowest BCUT2D eigenvalue weighted by molar-refractivity contribution is 0.202. The van der Waals surface area contributed by atoms with Gasteiger partial charge in [0, 0.05) is 34.8 Å². The fourth-order valence-electron chi connectivity index (χ4n) is 7.71. The summed E-state index contributed by atoms with van der Waals surface area (Å²) >= 11 is 0. The Morgan fingerprint density at radius 1 is 1.21 bits per heavy atom. The van der Waals surface area contributed by atoms with Crippen LogP contribution in [0.4, 0.5) is 4.79 Å². The number of ether oxygens (including phenoxy) is 1. The summed E-state index contributed by atoms with van der Waals surface area (Å²) in [5.74, 6) is 0.911. The van der Waals surface area contributed by atoms with Gasteiger partial charge < -0.3 is 14.7 Å². The molecular weight excluding hydrogens is 600 g/mol. The molecule has 9 nitrogen and oxygen atoms in total. The fourth-order valence-corrected chi connectivity index (χ4v) is 7.71. The smallest absolute Gasteiger partial charge is 0.425 e. The zero-order valence-corrected chi connectivity index (χ0v) is 28.4. The Kier molecular flexibility index (Phi) is 10.1. The topological polar surface area (TPSA) is 99.4 Å². The van der Waals surface area contributed by atoms with E-state index in [0.717, 1.165) is 68.1 Å².